The quantitative estimate of drug-likeness (QED) is 0.461. The Labute approximate surface area is 68.6 Å². The van der Waals surface area contributed by atoms with Gasteiger partial charge in [0.05, 0.1) is 6.20 Å². The average Bonchev–Trinajstić information content (AvgIpc) is 2.35. The first-order valence-corrected chi connectivity index (χ1v) is 3.37. The lowest BCUT2D eigenvalue weighted by Crippen LogP contribution is -2.32. The Hall–Kier alpha value is -1.56. The summed E-state index contributed by atoms with van der Waals surface area (Å²) in [7, 11) is 0. The van der Waals surface area contributed by atoms with Crippen molar-refractivity contribution in [2.24, 2.45) is 5.73 Å². The number of carboxylic acid groups (broad SMARTS) is 1. The van der Waals surface area contributed by atoms with Crippen LogP contribution >= 0.6 is 0 Å². The van der Waals surface area contributed by atoms with Gasteiger partial charge in [-0.2, -0.15) is 0 Å². The van der Waals surface area contributed by atoms with Gasteiger partial charge in [0, 0.05) is 12.1 Å². The lowest BCUT2D eigenvalue weighted by Gasteiger charge is -2.02. The van der Waals surface area contributed by atoms with E-state index in [-0.39, 0.29) is 12.4 Å². The summed E-state index contributed by atoms with van der Waals surface area (Å²) in [6, 6.07) is -0.912. The van der Waals surface area contributed by atoms with Crippen molar-refractivity contribution in [2.75, 3.05) is 5.73 Å². The fraction of sp³-hybridized carbons (Fsp3) is 0.333. The van der Waals surface area contributed by atoms with E-state index in [1.165, 1.54) is 6.20 Å². The number of H-pyrrole nitrogens is 1. The summed E-state index contributed by atoms with van der Waals surface area (Å²) in [6.45, 7) is 0. The van der Waals surface area contributed by atoms with Crippen LogP contribution in [0.2, 0.25) is 0 Å². The fourth-order valence-electron chi connectivity index (χ4n) is 0.804. The van der Waals surface area contributed by atoms with Gasteiger partial charge in [-0.15, -0.1) is 0 Å². The number of carboxylic acids is 1. The maximum Gasteiger partial charge on any atom is 0.320 e. The van der Waals surface area contributed by atoms with Crippen LogP contribution in [0.25, 0.3) is 0 Å². The van der Waals surface area contributed by atoms with Crippen molar-refractivity contribution < 1.29 is 9.90 Å². The van der Waals surface area contributed by atoms with Crippen LogP contribution in [0.15, 0.2) is 6.20 Å². The third kappa shape index (κ3) is 1.96. The second-order valence-electron chi connectivity index (χ2n) is 2.44. The predicted molar refractivity (Wildman–Crippen MR) is 42.3 cm³/mol. The van der Waals surface area contributed by atoms with Gasteiger partial charge >= 0.3 is 5.97 Å². The SMILES string of the molecule is Nc1ncc(C[C@@H](N)C(=O)O)[nH]1. The van der Waals surface area contributed by atoms with Crippen LogP contribution in [-0.2, 0) is 11.2 Å². The molecule has 0 spiro atoms. The fourth-order valence-corrected chi connectivity index (χ4v) is 0.804. The second kappa shape index (κ2) is 3.22. The molecule has 1 rings (SSSR count). The van der Waals surface area contributed by atoms with E-state index in [1.54, 1.807) is 0 Å². The normalized spacial score (nSPS) is 12.8. The van der Waals surface area contributed by atoms with Gasteiger partial charge in [0.1, 0.15) is 6.04 Å². The van der Waals surface area contributed by atoms with E-state index in [2.05, 4.69) is 9.97 Å². The molecule has 0 unspecified atom stereocenters. The highest BCUT2D eigenvalue weighted by Crippen LogP contribution is 2.00. The van der Waals surface area contributed by atoms with Crippen LogP contribution in [0.1, 0.15) is 5.69 Å². The second-order valence-corrected chi connectivity index (χ2v) is 2.44. The zero-order valence-electron chi connectivity index (χ0n) is 6.32. The van der Waals surface area contributed by atoms with Crippen LogP contribution in [0.5, 0.6) is 0 Å². The zero-order valence-corrected chi connectivity index (χ0v) is 6.32. The molecule has 6 nitrogen and oxygen atoms in total. The van der Waals surface area contributed by atoms with Crippen molar-refractivity contribution in [1.82, 2.24) is 9.97 Å². The Morgan fingerprint density at radius 3 is 2.92 bits per heavy atom. The van der Waals surface area contributed by atoms with Crippen molar-refractivity contribution in [2.45, 2.75) is 12.5 Å². The van der Waals surface area contributed by atoms with Crippen molar-refractivity contribution in [1.29, 1.82) is 0 Å². The lowest BCUT2D eigenvalue weighted by molar-refractivity contribution is -0.138. The predicted octanol–water partition coefficient (Wildman–Crippen LogP) is -1.05. The zero-order chi connectivity index (χ0) is 9.14. The Kier molecular flexibility index (Phi) is 2.29. The van der Waals surface area contributed by atoms with Gasteiger partial charge in [0.25, 0.3) is 0 Å². The van der Waals surface area contributed by atoms with E-state index < -0.39 is 12.0 Å². The van der Waals surface area contributed by atoms with Crippen molar-refractivity contribution in [3.63, 3.8) is 0 Å². The number of nitrogens with zero attached hydrogens (tertiary/aromatic N) is 1. The van der Waals surface area contributed by atoms with Gasteiger partial charge in [-0.25, -0.2) is 4.98 Å². The molecular formula is C6H10N4O2. The summed E-state index contributed by atoms with van der Waals surface area (Å²) in [5.41, 5.74) is 11.2. The molecule has 6 N–H and O–H groups in total. The molecule has 1 aromatic heterocycles. The highest BCUT2D eigenvalue weighted by molar-refractivity contribution is 5.73. The molecule has 1 atom stereocenters. The Balaban J connectivity index is 2.58. The lowest BCUT2D eigenvalue weighted by atomic mass is 10.2. The van der Waals surface area contributed by atoms with Crippen LogP contribution in [0, 0.1) is 0 Å². The van der Waals surface area contributed by atoms with Crippen LogP contribution in [0.3, 0.4) is 0 Å². The molecule has 0 saturated carbocycles. The molecular weight excluding hydrogens is 160 g/mol. The molecule has 6 heteroatoms. The van der Waals surface area contributed by atoms with Gasteiger partial charge in [0.15, 0.2) is 5.95 Å². The maximum atomic E-state index is 10.3. The molecule has 66 valence electrons. The highest BCUT2D eigenvalue weighted by atomic mass is 16.4. The first-order valence-electron chi connectivity index (χ1n) is 3.37. The van der Waals surface area contributed by atoms with Crippen LogP contribution in [-0.4, -0.2) is 27.1 Å². The average molecular weight is 170 g/mol. The molecule has 12 heavy (non-hydrogen) atoms. The van der Waals surface area contributed by atoms with E-state index in [0.717, 1.165) is 0 Å². The van der Waals surface area contributed by atoms with Crippen LogP contribution in [0.4, 0.5) is 5.95 Å². The summed E-state index contributed by atoms with van der Waals surface area (Å²) in [5.74, 6) is -0.772. The first-order chi connectivity index (χ1) is 5.59. The van der Waals surface area contributed by atoms with E-state index in [0.29, 0.717) is 5.69 Å². The minimum atomic E-state index is -1.04. The number of hydrogen-bond donors (Lipinski definition) is 4. The number of aromatic amines is 1. The number of anilines is 1. The summed E-state index contributed by atoms with van der Waals surface area (Å²) in [6.07, 6.45) is 1.68. The molecule has 0 fully saturated rings. The smallest absolute Gasteiger partial charge is 0.320 e. The Bertz CT molecular complexity index is 283. The van der Waals surface area contributed by atoms with Crippen molar-refractivity contribution in [3.05, 3.63) is 11.9 Å². The first kappa shape index (κ1) is 8.54. The number of nitrogen functional groups attached to an aromatic ring is 1. The number of aliphatic carboxylic acids is 1. The molecule has 1 aromatic rings. The van der Waals surface area contributed by atoms with Gasteiger partial charge < -0.3 is 21.6 Å². The molecule has 0 amide bonds. The standard InChI is InChI=1S/C6H10N4O2/c7-4(5(11)12)1-3-2-9-6(8)10-3/h2,4H,1,7H2,(H,11,12)(H3,8,9,10)/t4-/m1/s1. The van der Waals surface area contributed by atoms with E-state index in [9.17, 15) is 4.79 Å². The maximum absolute atomic E-state index is 10.3. The van der Waals surface area contributed by atoms with Crippen molar-refractivity contribution >= 4 is 11.9 Å². The molecule has 0 aliphatic carbocycles. The van der Waals surface area contributed by atoms with Crippen LogP contribution < -0.4 is 11.5 Å². The molecule has 0 aromatic carbocycles. The Morgan fingerprint density at radius 1 is 1.83 bits per heavy atom. The third-order valence-corrected chi connectivity index (χ3v) is 1.41. The van der Waals surface area contributed by atoms with Gasteiger partial charge in [-0.05, 0) is 0 Å². The molecule has 0 saturated heterocycles. The monoisotopic (exact) mass is 170 g/mol. The molecule has 1 heterocycles. The third-order valence-electron chi connectivity index (χ3n) is 1.41. The Morgan fingerprint density at radius 2 is 2.50 bits per heavy atom. The summed E-state index contributed by atoms with van der Waals surface area (Å²) < 4.78 is 0. The summed E-state index contributed by atoms with van der Waals surface area (Å²) in [5, 5.41) is 8.46. The molecule has 0 aliphatic rings. The number of carbonyl (C=O) groups is 1. The number of nitrogens with one attached hydrogen (secondary N) is 1. The van der Waals surface area contributed by atoms with E-state index >= 15 is 0 Å². The van der Waals surface area contributed by atoms with Gasteiger partial charge in [-0.3, -0.25) is 4.79 Å². The van der Waals surface area contributed by atoms with Crippen molar-refractivity contribution in [3.8, 4) is 0 Å². The van der Waals surface area contributed by atoms with Gasteiger partial charge in [0.2, 0.25) is 0 Å². The number of nitrogens with two attached hydrogens (primary N) is 2. The minimum Gasteiger partial charge on any atom is -0.480 e. The van der Waals surface area contributed by atoms with E-state index in [1.807, 2.05) is 0 Å². The minimum absolute atomic E-state index is 0.208. The number of rotatable bonds is 3. The summed E-state index contributed by atoms with van der Waals surface area (Å²) >= 11 is 0. The molecule has 0 radical (unpaired) electrons. The van der Waals surface area contributed by atoms with Gasteiger partial charge in [-0.1, -0.05) is 0 Å². The summed E-state index contributed by atoms with van der Waals surface area (Å²) in [4.78, 5) is 16.7. The molecule has 0 bridgehead atoms. The highest BCUT2D eigenvalue weighted by Gasteiger charge is 2.12. The number of imidazole rings is 1. The number of aromatic nitrogens is 2. The topological polar surface area (TPSA) is 118 Å². The molecule has 0 aliphatic heterocycles. The largest absolute Gasteiger partial charge is 0.480 e. The van der Waals surface area contributed by atoms with E-state index in [4.69, 9.17) is 16.6 Å². The number of hydrogen-bond acceptors (Lipinski definition) is 4.